The van der Waals surface area contributed by atoms with Crippen molar-refractivity contribution in [1.29, 1.82) is 0 Å². The van der Waals surface area contributed by atoms with Crippen LogP contribution in [0.2, 0.25) is 0 Å². The summed E-state index contributed by atoms with van der Waals surface area (Å²) in [4.78, 5) is 25.6. The van der Waals surface area contributed by atoms with Gasteiger partial charge in [-0.2, -0.15) is 0 Å². The summed E-state index contributed by atoms with van der Waals surface area (Å²) in [6, 6.07) is 8.44. The van der Waals surface area contributed by atoms with E-state index in [2.05, 4.69) is 28.7 Å². The molecule has 0 saturated carbocycles. The lowest BCUT2D eigenvalue weighted by atomic mass is 10.1. The predicted molar refractivity (Wildman–Crippen MR) is 99.8 cm³/mol. The summed E-state index contributed by atoms with van der Waals surface area (Å²) in [7, 11) is 0. The van der Waals surface area contributed by atoms with Crippen molar-refractivity contribution >= 4 is 11.7 Å². The van der Waals surface area contributed by atoms with Gasteiger partial charge in [0.1, 0.15) is 17.5 Å². The summed E-state index contributed by atoms with van der Waals surface area (Å²) in [5.41, 5.74) is 1.41. The van der Waals surface area contributed by atoms with Gasteiger partial charge in [0, 0.05) is 43.9 Å². The van der Waals surface area contributed by atoms with E-state index in [9.17, 15) is 9.18 Å². The molecule has 0 N–H and O–H groups in total. The van der Waals surface area contributed by atoms with Gasteiger partial charge in [-0.05, 0) is 18.6 Å². The molecule has 1 amide bonds. The number of aromatic nitrogens is 2. The molecule has 0 bridgehead atoms. The first-order chi connectivity index (χ1) is 12.4. The van der Waals surface area contributed by atoms with Crippen LogP contribution in [0.4, 0.5) is 10.2 Å². The lowest BCUT2D eigenvalue weighted by molar-refractivity contribution is -0.130. The highest BCUT2D eigenvalue weighted by Gasteiger charge is 2.23. The largest absolute Gasteiger partial charge is 0.353 e. The van der Waals surface area contributed by atoms with Crippen LogP contribution in [-0.2, 0) is 11.2 Å². The van der Waals surface area contributed by atoms with Gasteiger partial charge >= 0.3 is 0 Å². The molecule has 0 aliphatic carbocycles. The molecule has 1 aromatic carbocycles. The highest BCUT2D eigenvalue weighted by molar-refractivity contribution is 5.79. The van der Waals surface area contributed by atoms with E-state index in [1.807, 2.05) is 13.0 Å². The summed E-state index contributed by atoms with van der Waals surface area (Å²) in [5, 5.41) is 0. The second-order valence-corrected chi connectivity index (χ2v) is 7.02. The number of benzene rings is 1. The van der Waals surface area contributed by atoms with Gasteiger partial charge in [-0.25, -0.2) is 14.4 Å². The fourth-order valence-electron chi connectivity index (χ4n) is 3.10. The normalized spacial score (nSPS) is 14.8. The first kappa shape index (κ1) is 18.3. The third-order valence-corrected chi connectivity index (χ3v) is 4.63. The third-order valence-electron chi connectivity index (χ3n) is 4.63. The minimum absolute atomic E-state index is 0.0310. The number of nitrogens with zero attached hydrogens (tertiary/aromatic N) is 4. The van der Waals surface area contributed by atoms with E-state index >= 15 is 0 Å². The van der Waals surface area contributed by atoms with Crippen molar-refractivity contribution in [2.75, 3.05) is 31.1 Å². The molecule has 26 heavy (non-hydrogen) atoms. The molecular formula is C20H25FN4O. The van der Waals surface area contributed by atoms with Gasteiger partial charge in [0.05, 0.1) is 6.42 Å². The molecule has 0 radical (unpaired) electrons. The maximum Gasteiger partial charge on any atom is 0.227 e. The van der Waals surface area contributed by atoms with Gasteiger partial charge in [-0.1, -0.05) is 32.0 Å². The monoisotopic (exact) mass is 356 g/mol. The molecule has 1 fully saturated rings. The van der Waals surface area contributed by atoms with Gasteiger partial charge in [-0.15, -0.1) is 0 Å². The van der Waals surface area contributed by atoms with Crippen LogP contribution in [0.3, 0.4) is 0 Å². The number of rotatable bonds is 4. The predicted octanol–water partition coefficient (Wildman–Crippen LogP) is 2.94. The summed E-state index contributed by atoms with van der Waals surface area (Å²) in [6.07, 6.45) is 0.108. The van der Waals surface area contributed by atoms with Crippen molar-refractivity contribution in [3.8, 4) is 0 Å². The molecule has 3 rings (SSSR count). The average Bonchev–Trinajstić information content (AvgIpc) is 2.63. The molecule has 138 valence electrons. The third kappa shape index (κ3) is 4.18. The first-order valence-electron chi connectivity index (χ1n) is 9.05. The Balaban J connectivity index is 1.62. The quantitative estimate of drug-likeness (QED) is 0.845. The molecule has 1 aliphatic rings. The number of aryl methyl sites for hydroxylation is 1. The second-order valence-electron chi connectivity index (χ2n) is 7.02. The lowest BCUT2D eigenvalue weighted by Gasteiger charge is -2.35. The molecule has 0 atom stereocenters. The molecule has 6 heteroatoms. The number of hydrogen-bond donors (Lipinski definition) is 0. The summed E-state index contributed by atoms with van der Waals surface area (Å²) in [5.74, 6) is 1.69. The zero-order valence-corrected chi connectivity index (χ0v) is 15.6. The average molecular weight is 356 g/mol. The Bertz CT molecular complexity index is 785. The zero-order chi connectivity index (χ0) is 18.7. The topological polar surface area (TPSA) is 49.3 Å². The Kier molecular flexibility index (Phi) is 5.49. The van der Waals surface area contributed by atoms with Crippen LogP contribution in [0.1, 0.15) is 36.8 Å². The SMILES string of the molecule is Cc1cc(N2CCN(C(=O)Cc3ccccc3F)CC2)nc(C(C)C)n1. The van der Waals surface area contributed by atoms with Gasteiger partial charge in [0.25, 0.3) is 0 Å². The van der Waals surface area contributed by atoms with Crippen LogP contribution < -0.4 is 4.90 Å². The van der Waals surface area contributed by atoms with Crippen molar-refractivity contribution in [3.05, 3.63) is 53.2 Å². The summed E-state index contributed by atoms with van der Waals surface area (Å²) < 4.78 is 13.7. The Morgan fingerprint density at radius 2 is 1.85 bits per heavy atom. The lowest BCUT2D eigenvalue weighted by Crippen LogP contribution is -2.49. The maximum atomic E-state index is 13.7. The van der Waals surface area contributed by atoms with Crippen LogP contribution in [0, 0.1) is 12.7 Å². The number of amides is 1. The fourth-order valence-corrected chi connectivity index (χ4v) is 3.10. The minimum Gasteiger partial charge on any atom is -0.353 e. The fraction of sp³-hybridized carbons (Fsp3) is 0.450. The van der Waals surface area contributed by atoms with E-state index in [1.54, 1.807) is 23.1 Å². The number of carbonyl (C=O) groups is 1. The van der Waals surface area contributed by atoms with Gasteiger partial charge < -0.3 is 9.80 Å². The standard InChI is InChI=1S/C20H25FN4O/c1-14(2)20-22-15(3)12-18(23-20)24-8-10-25(11-9-24)19(26)13-16-6-4-5-7-17(16)21/h4-7,12,14H,8-11,13H2,1-3H3. The number of anilines is 1. The smallest absolute Gasteiger partial charge is 0.227 e. The van der Waals surface area contributed by atoms with Gasteiger partial charge in [0.2, 0.25) is 5.91 Å². The molecule has 1 saturated heterocycles. The molecule has 0 unspecified atom stereocenters. The van der Waals surface area contributed by atoms with E-state index in [-0.39, 0.29) is 24.1 Å². The number of hydrogen-bond acceptors (Lipinski definition) is 4. The van der Waals surface area contributed by atoms with Crippen LogP contribution in [0.15, 0.2) is 30.3 Å². The van der Waals surface area contributed by atoms with Gasteiger partial charge in [-0.3, -0.25) is 4.79 Å². The molecular weight excluding hydrogens is 331 g/mol. The van der Waals surface area contributed by atoms with Gasteiger partial charge in [0.15, 0.2) is 0 Å². The Hall–Kier alpha value is -2.50. The molecule has 1 aliphatic heterocycles. The number of halogens is 1. The summed E-state index contributed by atoms with van der Waals surface area (Å²) >= 11 is 0. The molecule has 2 heterocycles. The van der Waals surface area contributed by atoms with E-state index in [0.717, 1.165) is 30.4 Å². The first-order valence-corrected chi connectivity index (χ1v) is 9.05. The molecule has 1 aromatic heterocycles. The minimum atomic E-state index is -0.322. The van der Waals surface area contributed by atoms with E-state index in [0.29, 0.717) is 18.7 Å². The van der Waals surface area contributed by atoms with Crippen LogP contribution >= 0.6 is 0 Å². The van der Waals surface area contributed by atoms with E-state index in [1.165, 1.54) is 6.07 Å². The highest BCUT2D eigenvalue weighted by atomic mass is 19.1. The molecule has 0 spiro atoms. The Morgan fingerprint density at radius 1 is 1.15 bits per heavy atom. The van der Waals surface area contributed by atoms with Crippen molar-refractivity contribution in [2.45, 2.75) is 33.1 Å². The van der Waals surface area contributed by atoms with Crippen molar-refractivity contribution in [3.63, 3.8) is 0 Å². The number of carbonyl (C=O) groups excluding carboxylic acids is 1. The van der Waals surface area contributed by atoms with E-state index in [4.69, 9.17) is 0 Å². The van der Waals surface area contributed by atoms with Crippen LogP contribution in [0.25, 0.3) is 0 Å². The second kappa shape index (κ2) is 7.81. The Morgan fingerprint density at radius 3 is 2.50 bits per heavy atom. The van der Waals surface area contributed by atoms with Crippen molar-refractivity contribution in [2.24, 2.45) is 0 Å². The summed E-state index contributed by atoms with van der Waals surface area (Å²) in [6.45, 7) is 8.82. The van der Waals surface area contributed by atoms with Crippen LogP contribution in [0.5, 0.6) is 0 Å². The zero-order valence-electron chi connectivity index (χ0n) is 15.6. The van der Waals surface area contributed by atoms with Crippen molar-refractivity contribution < 1.29 is 9.18 Å². The highest BCUT2D eigenvalue weighted by Crippen LogP contribution is 2.19. The Labute approximate surface area is 153 Å². The van der Waals surface area contributed by atoms with Crippen LogP contribution in [-0.4, -0.2) is 47.0 Å². The van der Waals surface area contributed by atoms with E-state index < -0.39 is 0 Å². The molecule has 5 nitrogen and oxygen atoms in total. The van der Waals surface area contributed by atoms with Crippen molar-refractivity contribution in [1.82, 2.24) is 14.9 Å². The number of piperazine rings is 1. The maximum absolute atomic E-state index is 13.7. The molecule has 2 aromatic rings.